The van der Waals surface area contributed by atoms with E-state index in [4.69, 9.17) is 5.73 Å². The maximum atomic E-state index is 12.2. The number of nitrogens with zero attached hydrogens (tertiary/aromatic N) is 1. The normalized spacial score (nSPS) is 13.3. The SMILES string of the molecule is CCCNS(=O)(=O)N(CC)C(CC)(CC)CN. The highest BCUT2D eigenvalue weighted by Gasteiger charge is 2.38. The second-order valence-electron chi connectivity index (χ2n) is 4.20. The zero-order valence-corrected chi connectivity index (χ0v) is 12.3. The fraction of sp³-hybridized carbons (Fsp3) is 1.00. The van der Waals surface area contributed by atoms with Crippen LogP contribution in [0.25, 0.3) is 0 Å². The Morgan fingerprint density at radius 3 is 2.00 bits per heavy atom. The standard InChI is InChI=1S/C11H27N3O2S/c1-5-9-13-17(15,16)14(8-4)11(6-2,7-3)10-12/h13H,5-10,12H2,1-4H3. The summed E-state index contributed by atoms with van der Waals surface area (Å²) in [5.41, 5.74) is 5.33. The molecule has 0 atom stereocenters. The van der Waals surface area contributed by atoms with Crippen molar-refractivity contribution >= 4 is 10.2 Å². The lowest BCUT2D eigenvalue weighted by Crippen LogP contribution is -2.58. The Labute approximate surface area is 106 Å². The molecule has 3 N–H and O–H groups in total. The van der Waals surface area contributed by atoms with Crippen LogP contribution in [0, 0.1) is 0 Å². The van der Waals surface area contributed by atoms with E-state index in [1.807, 2.05) is 27.7 Å². The largest absolute Gasteiger partial charge is 0.329 e. The first-order valence-corrected chi connectivity index (χ1v) is 7.85. The summed E-state index contributed by atoms with van der Waals surface area (Å²) in [5, 5.41) is 0. The Morgan fingerprint density at radius 2 is 1.71 bits per heavy atom. The van der Waals surface area contributed by atoms with Crippen molar-refractivity contribution in [2.75, 3.05) is 19.6 Å². The highest BCUT2D eigenvalue weighted by molar-refractivity contribution is 7.87. The molecule has 0 aliphatic heterocycles. The molecule has 0 aliphatic carbocycles. The molecule has 0 amide bonds. The second-order valence-corrected chi connectivity index (χ2v) is 5.88. The molecule has 0 fully saturated rings. The van der Waals surface area contributed by atoms with Gasteiger partial charge in [0, 0.05) is 25.2 Å². The van der Waals surface area contributed by atoms with Crippen LogP contribution in [0.15, 0.2) is 0 Å². The molecule has 0 bridgehead atoms. The lowest BCUT2D eigenvalue weighted by molar-refractivity contribution is 0.182. The highest BCUT2D eigenvalue weighted by Crippen LogP contribution is 2.25. The molecule has 0 aromatic rings. The molecular weight excluding hydrogens is 238 g/mol. The molecule has 0 aromatic heterocycles. The predicted molar refractivity (Wildman–Crippen MR) is 72.0 cm³/mol. The third-order valence-electron chi connectivity index (χ3n) is 3.34. The van der Waals surface area contributed by atoms with Crippen LogP contribution in [-0.2, 0) is 10.2 Å². The summed E-state index contributed by atoms with van der Waals surface area (Å²) in [6, 6.07) is 0. The summed E-state index contributed by atoms with van der Waals surface area (Å²) in [5.74, 6) is 0. The predicted octanol–water partition coefficient (Wildman–Crippen LogP) is 1.07. The lowest BCUT2D eigenvalue weighted by Gasteiger charge is -2.40. The first-order valence-electron chi connectivity index (χ1n) is 6.41. The molecule has 6 heteroatoms. The molecule has 104 valence electrons. The molecule has 17 heavy (non-hydrogen) atoms. The molecule has 0 saturated heterocycles. The van der Waals surface area contributed by atoms with Crippen molar-refractivity contribution < 1.29 is 8.42 Å². The number of hydrogen-bond acceptors (Lipinski definition) is 3. The van der Waals surface area contributed by atoms with Crippen molar-refractivity contribution in [3.8, 4) is 0 Å². The van der Waals surface area contributed by atoms with Crippen LogP contribution >= 0.6 is 0 Å². The molecule has 5 nitrogen and oxygen atoms in total. The summed E-state index contributed by atoms with van der Waals surface area (Å²) in [4.78, 5) is 0. The number of nitrogens with one attached hydrogen (secondary N) is 1. The monoisotopic (exact) mass is 265 g/mol. The average molecular weight is 265 g/mol. The van der Waals surface area contributed by atoms with Crippen LogP contribution in [0.1, 0.15) is 47.0 Å². The topological polar surface area (TPSA) is 75.4 Å². The first-order chi connectivity index (χ1) is 7.94. The van der Waals surface area contributed by atoms with Crippen LogP contribution in [0.2, 0.25) is 0 Å². The second kappa shape index (κ2) is 7.31. The van der Waals surface area contributed by atoms with Gasteiger partial charge in [-0.15, -0.1) is 0 Å². The van der Waals surface area contributed by atoms with Gasteiger partial charge in [0.05, 0.1) is 0 Å². The number of rotatable bonds is 9. The van der Waals surface area contributed by atoms with Crippen LogP contribution in [0.5, 0.6) is 0 Å². The third kappa shape index (κ3) is 3.91. The van der Waals surface area contributed by atoms with E-state index in [0.29, 0.717) is 19.6 Å². The van der Waals surface area contributed by atoms with E-state index in [2.05, 4.69) is 4.72 Å². The molecule has 0 aromatic carbocycles. The van der Waals surface area contributed by atoms with Crippen molar-refractivity contribution in [2.24, 2.45) is 5.73 Å². The maximum absolute atomic E-state index is 12.2. The fourth-order valence-electron chi connectivity index (χ4n) is 2.06. The third-order valence-corrected chi connectivity index (χ3v) is 5.13. The molecule has 0 radical (unpaired) electrons. The Hall–Kier alpha value is -0.170. The van der Waals surface area contributed by atoms with Crippen molar-refractivity contribution in [3.05, 3.63) is 0 Å². The summed E-state index contributed by atoms with van der Waals surface area (Å²) in [7, 11) is -3.43. The Morgan fingerprint density at radius 1 is 1.18 bits per heavy atom. The van der Waals surface area contributed by atoms with Crippen molar-refractivity contribution in [2.45, 2.75) is 52.5 Å². The fourth-order valence-corrected chi connectivity index (χ4v) is 3.86. The van der Waals surface area contributed by atoms with Crippen LogP contribution in [-0.4, -0.2) is 37.9 Å². The van der Waals surface area contributed by atoms with Crippen LogP contribution in [0.3, 0.4) is 0 Å². The molecule has 0 unspecified atom stereocenters. The molecule has 0 spiro atoms. The summed E-state index contributed by atoms with van der Waals surface area (Å²) in [6.07, 6.45) is 2.23. The van der Waals surface area contributed by atoms with E-state index in [-0.39, 0.29) is 0 Å². The van der Waals surface area contributed by atoms with Crippen molar-refractivity contribution in [3.63, 3.8) is 0 Å². The van der Waals surface area contributed by atoms with Gasteiger partial charge in [-0.2, -0.15) is 12.7 Å². The molecule has 0 heterocycles. The Kier molecular flexibility index (Phi) is 7.23. The molecule has 0 rings (SSSR count). The van der Waals surface area contributed by atoms with Gasteiger partial charge in [0.2, 0.25) is 0 Å². The number of likely N-dealkylation sites (N-methyl/N-ethyl adjacent to an activating group) is 1. The minimum absolute atomic E-state index is 0.348. The highest BCUT2D eigenvalue weighted by atomic mass is 32.2. The molecular formula is C11H27N3O2S. The van der Waals surface area contributed by atoms with E-state index < -0.39 is 15.7 Å². The van der Waals surface area contributed by atoms with Crippen LogP contribution < -0.4 is 10.5 Å². The van der Waals surface area contributed by atoms with Crippen molar-refractivity contribution in [1.82, 2.24) is 9.03 Å². The minimum Gasteiger partial charge on any atom is -0.329 e. The first kappa shape index (κ1) is 16.8. The van der Waals surface area contributed by atoms with Gasteiger partial charge in [0.25, 0.3) is 10.2 Å². The number of nitrogens with two attached hydrogens (primary N) is 1. The molecule has 0 aliphatic rings. The van der Waals surface area contributed by atoms with Gasteiger partial charge in [0.1, 0.15) is 0 Å². The van der Waals surface area contributed by atoms with E-state index in [0.717, 1.165) is 19.3 Å². The molecule has 0 saturated carbocycles. The van der Waals surface area contributed by atoms with Gasteiger partial charge < -0.3 is 5.73 Å². The minimum atomic E-state index is -3.43. The summed E-state index contributed by atoms with van der Waals surface area (Å²) < 4.78 is 28.5. The van der Waals surface area contributed by atoms with E-state index in [1.165, 1.54) is 4.31 Å². The Balaban J connectivity index is 5.16. The van der Waals surface area contributed by atoms with Gasteiger partial charge in [-0.1, -0.05) is 27.7 Å². The van der Waals surface area contributed by atoms with Gasteiger partial charge in [0.15, 0.2) is 0 Å². The zero-order valence-electron chi connectivity index (χ0n) is 11.5. The van der Waals surface area contributed by atoms with E-state index in [1.54, 1.807) is 0 Å². The average Bonchev–Trinajstić information content (AvgIpc) is 2.33. The zero-order chi connectivity index (χ0) is 13.5. The number of hydrogen-bond donors (Lipinski definition) is 2. The lowest BCUT2D eigenvalue weighted by atomic mass is 9.93. The van der Waals surface area contributed by atoms with Gasteiger partial charge in [-0.05, 0) is 19.3 Å². The quantitative estimate of drug-likeness (QED) is 0.655. The summed E-state index contributed by atoms with van der Waals surface area (Å²) >= 11 is 0. The van der Waals surface area contributed by atoms with Gasteiger partial charge >= 0.3 is 0 Å². The Bertz CT molecular complexity index is 292. The summed E-state index contributed by atoms with van der Waals surface area (Å²) in [6.45, 7) is 9.00. The van der Waals surface area contributed by atoms with E-state index >= 15 is 0 Å². The van der Waals surface area contributed by atoms with Crippen LogP contribution in [0.4, 0.5) is 0 Å². The van der Waals surface area contributed by atoms with Gasteiger partial charge in [-0.25, -0.2) is 4.72 Å². The smallest absolute Gasteiger partial charge is 0.279 e. The maximum Gasteiger partial charge on any atom is 0.279 e. The van der Waals surface area contributed by atoms with E-state index in [9.17, 15) is 8.42 Å². The van der Waals surface area contributed by atoms with Crippen molar-refractivity contribution in [1.29, 1.82) is 0 Å². The van der Waals surface area contributed by atoms with Gasteiger partial charge in [-0.3, -0.25) is 0 Å².